The largest absolute Gasteiger partial charge is 0.465 e. The topological polar surface area (TPSA) is 93.7 Å². The highest BCUT2D eigenvalue weighted by atomic mass is 16.5. The van der Waals surface area contributed by atoms with Gasteiger partial charge in [-0.2, -0.15) is 0 Å². The summed E-state index contributed by atoms with van der Waals surface area (Å²) >= 11 is 0. The van der Waals surface area contributed by atoms with Crippen LogP contribution >= 0.6 is 0 Å². The summed E-state index contributed by atoms with van der Waals surface area (Å²) < 4.78 is 9.42. The third-order valence-corrected chi connectivity index (χ3v) is 4.94. The molecular weight excluding hydrogens is 372 g/mol. The monoisotopic (exact) mass is 396 g/mol. The van der Waals surface area contributed by atoms with Crippen LogP contribution in [0, 0.1) is 0 Å². The Balaban J connectivity index is 1.69. The zero-order valence-corrected chi connectivity index (χ0v) is 16.5. The molecule has 7 nitrogen and oxygen atoms in total. The summed E-state index contributed by atoms with van der Waals surface area (Å²) in [6.07, 6.45) is 3.09. The molecule has 0 aromatic heterocycles. The second-order valence-corrected chi connectivity index (χ2v) is 6.85. The highest BCUT2D eigenvalue weighted by Gasteiger charge is 2.20. The standard InChI is InChI=1S/C22H24N2O5/c1-28-21(26)15-10-16(22(27)29-2)12-17(11-15)24-20(25)13-23-19-9-5-7-14-6-3-4-8-18(14)19/h3-4,6,8,10-12,19,23H,5,7,9,13H2,1-2H3,(H,24,25)/t19-/m0/s1. The average molecular weight is 396 g/mol. The fourth-order valence-electron chi connectivity index (χ4n) is 3.56. The van der Waals surface area contributed by atoms with E-state index < -0.39 is 11.9 Å². The summed E-state index contributed by atoms with van der Waals surface area (Å²) in [5.74, 6) is -1.49. The van der Waals surface area contributed by atoms with Gasteiger partial charge in [0.15, 0.2) is 0 Å². The van der Waals surface area contributed by atoms with Crippen LogP contribution in [0.5, 0.6) is 0 Å². The Hall–Kier alpha value is -3.19. The van der Waals surface area contributed by atoms with Crippen molar-refractivity contribution in [3.05, 3.63) is 64.7 Å². The van der Waals surface area contributed by atoms with E-state index in [9.17, 15) is 14.4 Å². The minimum Gasteiger partial charge on any atom is -0.465 e. The summed E-state index contributed by atoms with van der Waals surface area (Å²) in [7, 11) is 2.49. The minimum absolute atomic E-state index is 0.106. The van der Waals surface area contributed by atoms with Gasteiger partial charge in [-0.05, 0) is 48.6 Å². The van der Waals surface area contributed by atoms with Gasteiger partial charge < -0.3 is 20.1 Å². The first-order valence-electron chi connectivity index (χ1n) is 9.44. The number of rotatable bonds is 6. The Bertz CT molecular complexity index is 891. The van der Waals surface area contributed by atoms with Crippen molar-refractivity contribution in [3.63, 3.8) is 0 Å². The van der Waals surface area contributed by atoms with Gasteiger partial charge >= 0.3 is 11.9 Å². The van der Waals surface area contributed by atoms with Crippen molar-refractivity contribution in [1.82, 2.24) is 5.32 Å². The average Bonchev–Trinajstić information content (AvgIpc) is 2.76. The lowest BCUT2D eigenvalue weighted by molar-refractivity contribution is -0.115. The SMILES string of the molecule is COC(=O)c1cc(NC(=O)CN[C@H]2CCCc3ccccc32)cc(C(=O)OC)c1. The van der Waals surface area contributed by atoms with Gasteiger partial charge in [0.1, 0.15) is 0 Å². The molecule has 3 rings (SSSR count). The first-order chi connectivity index (χ1) is 14.0. The van der Waals surface area contributed by atoms with Crippen LogP contribution in [0.1, 0.15) is 50.7 Å². The van der Waals surface area contributed by atoms with Crippen molar-refractivity contribution in [1.29, 1.82) is 0 Å². The molecule has 0 unspecified atom stereocenters. The molecule has 1 aliphatic rings. The molecule has 0 bridgehead atoms. The molecule has 29 heavy (non-hydrogen) atoms. The van der Waals surface area contributed by atoms with Gasteiger partial charge in [0.25, 0.3) is 0 Å². The molecule has 1 atom stereocenters. The number of carbonyl (C=O) groups is 3. The van der Waals surface area contributed by atoms with Gasteiger partial charge in [0, 0.05) is 11.7 Å². The van der Waals surface area contributed by atoms with Crippen LogP contribution in [0.15, 0.2) is 42.5 Å². The third kappa shape index (κ3) is 5.00. The molecule has 0 saturated heterocycles. The molecule has 0 radical (unpaired) electrons. The van der Waals surface area contributed by atoms with Gasteiger partial charge in [-0.3, -0.25) is 4.79 Å². The highest BCUT2D eigenvalue weighted by molar-refractivity contribution is 5.99. The number of carbonyl (C=O) groups excluding carboxylic acids is 3. The van der Waals surface area contributed by atoms with Gasteiger partial charge in [0.2, 0.25) is 5.91 Å². The van der Waals surface area contributed by atoms with Crippen molar-refractivity contribution in [2.75, 3.05) is 26.1 Å². The number of esters is 2. The van der Waals surface area contributed by atoms with E-state index >= 15 is 0 Å². The van der Waals surface area contributed by atoms with E-state index in [0.29, 0.717) is 5.69 Å². The van der Waals surface area contributed by atoms with Gasteiger partial charge in [-0.15, -0.1) is 0 Å². The maximum Gasteiger partial charge on any atom is 0.337 e. The van der Waals surface area contributed by atoms with E-state index in [2.05, 4.69) is 22.8 Å². The zero-order valence-electron chi connectivity index (χ0n) is 16.5. The van der Waals surface area contributed by atoms with Gasteiger partial charge in [-0.25, -0.2) is 9.59 Å². The number of hydrogen-bond acceptors (Lipinski definition) is 6. The minimum atomic E-state index is -0.608. The zero-order chi connectivity index (χ0) is 20.8. The fourth-order valence-corrected chi connectivity index (χ4v) is 3.56. The van der Waals surface area contributed by atoms with Crippen LogP contribution in [0.2, 0.25) is 0 Å². The second kappa shape index (κ2) is 9.34. The van der Waals surface area contributed by atoms with E-state index in [1.54, 1.807) is 0 Å². The number of hydrogen-bond donors (Lipinski definition) is 2. The lowest BCUT2D eigenvalue weighted by Crippen LogP contribution is -2.33. The molecule has 1 aliphatic carbocycles. The number of anilines is 1. The van der Waals surface area contributed by atoms with Crippen molar-refractivity contribution >= 4 is 23.5 Å². The molecule has 152 valence electrons. The number of nitrogens with one attached hydrogen (secondary N) is 2. The molecule has 0 spiro atoms. The van der Waals surface area contributed by atoms with Gasteiger partial charge in [0.05, 0.1) is 31.9 Å². The number of ether oxygens (including phenoxy) is 2. The number of aryl methyl sites for hydroxylation is 1. The predicted molar refractivity (Wildman–Crippen MR) is 108 cm³/mol. The van der Waals surface area contributed by atoms with E-state index in [-0.39, 0.29) is 29.6 Å². The summed E-state index contributed by atoms with van der Waals surface area (Å²) in [6, 6.07) is 12.7. The van der Waals surface area contributed by atoms with Crippen LogP contribution in [-0.2, 0) is 20.7 Å². The molecule has 0 heterocycles. The Morgan fingerprint density at radius 3 is 2.31 bits per heavy atom. The molecule has 0 saturated carbocycles. The molecule has 2 N–H and O–H groups in total. The molecule has 0 fully saturated rings. The first kappa shape index (κ1) is 20.5. The van der Waals surface area contributed by atoms with Gasteiger partial charge in [-0.1, -0.05) is 24.3 Å². The Morgan fingerprint density at radius 2 is 1.66 bits per heavy atom. The molecule has 2 aromatic carbocycles. The van der Waals surface area contributed by atoms with Crippen molar-refractivity contribution in [2.45, 2.75) is 25.3 Å². The van der Waals surface area contributed by atoms with Crippen LogP contribution in [0.3, 0.4) is 0 Å². The Kier molecular flexibility index (Phi) is 6.61. The van der Waals surface area contributed by atoms with Crippen molar-refractivity contribution < 1.29 is 23.9 Å². The van der Waals surface area contributed by atoms with Crippen LogP contribution in [0.25, 0.3) is 0 Å². The van der Waals surface area contributed by atoms with Crippen molar-refractivity contribution in [2.24, 2.45) is 0 Å². The van der Waals surface area contributed by atoms with Crippen LogP contribution < -0.4 is 10.6 Å². The Labute approximate surface area is 169 Å². The number of benzene rings is 2. The quantitative estimate of drug-likeness (QED) is 0.730. The number of fused-ring (bicyclic) bond motifs is 1. The maximum absolute atomic E-state index is 12.5. The molecule has 7 heteroatoms. The third-order valence-electron chi connectivity index (χ3n) is 4.94. The van der Waals surface area contributed by atoms with Crippen molar-refractivity contribution in [3.8, 4) is 0 Å². The lowest BCUT2D eigenvalue weighted by atomic mass is 9.88. The smallest absolute Gasteiger partial charge is 0.337 e. The van der Waals surface area contributed by atoms with Crippen LogP contribution in [-0.4, -0.2) is 38.6 Å². The molecule has 1 amide bonds. The van der Waals surface area contributed by atoms with E-state index in [4.69, 9.17) is 9.47 Å². The summed E-state index contributed by atoms with van der Waals surface area (Å²) in [6.45, 7) is 0.106. The number of methoxy groups -OCH3 is 2. The first-order valence-corrected chi connectivity index (χ1v) is 9.44. The Morgan fingerprint density at radius 1 is 1.00 bits per heavy atom. The van der Waals surface area contributed by atoms with E-state index in [0.717, 1.165) is 19.3 Å². The predicted octanol–water partition coefficient (Wildman–Crippen LogP) is 2.87. The van der Waals surface area contributed by atoms with E-state index in [1.165, 1.54) is 43.5 Å². The molecular formula is C22H24N2O5. The molecule has 0 aliphatic heterocycles. The summed E-state index contributed by atoms with van der Waals surface area (Å²) in [5, 5.41) is 6.03. The van der Waals surface area contributed by atoms with E-state index in [1.807, 2.05) is 12.1 Å². The van der Waals surface area contributed by atoms with Crippen LogP contribution in [0.4, 0.5) is 5.69 Å². The maximum atomic E-state index is 12.5. The fraction of sp³-hybridized carbons (Fsp3) is 0.318. The normalized spacial score (nSPS) is 15.2. The summed E-state index contributed by atoms with van der Waals surface area (Å²) in [4.78, 5) is 36.2. The second-order valence-electron chi connectivity index (χ2n) is 6.85. The lowest BCUT2D eigenvalue weighted by Gasteiger charge is -2.26. The molecule has 2 aromatic rings. The highest BCUT2D eigenvalue weighted by Crippen LogP contribution is 2.29. The number of amides is 1. The summed E-state index contributed by atoms with van der Waals surface area (Å²) in [5.41, 5.74) is 3.17.